The van der Waals surface area contributed by atoms with Gasteiger partial charge in [-0.2, -0.15) is 0 Å². The summed E-state index contributed by atoms with van der Waals surface area (Å²) in [5, 5.41) is 6.43. The molecular weight excluding hydrogens is 305 g/mol. The Morgan fingerprint density at radius 3 is 2.71 bits per heavy atom. The number of hydrogen-bond donors (Lipinski definition) is 2. The molecule has 0 spiro atoms. The van der Waals surface area contributed by atoms with E-state index in [4.69, 9.17) is 4.74 Å². The molecule has 128 valence electrons. The van der Waals surface area contributed by atoms with Crippen LogP contribution in [0.2, 0.25) is 0 Å². The van der Waals surface area contributed by atoms with Crippen molar-refractivity contribution >= 4 is 5.96 Å². The van der Waals surface area contributed by atoms with E-state index in [0.29, 0.717) is 25.1 Å². The third-order valence-corrected chi connectivity index (χ3v) is 3.54. The highest BCUT2D eigenvalue weighted by Crippen LogP contribution is 2.13. The second-order valence-electron chi connectivity index (χ2n) is 5.31. The minimum Gasteiger partial charge on any atom is -0.497 e. The molecule has 0 saturated carbocycles. The van der Waals surface area contributed by atoms with Gasteiger partial charge in [0.05, 0.1) is 13.7 Å². The Bertz CT molecular complexity index is 673. The third kappa shape index (κ3) is 5.57. The van der Waals surface area contributed by atoms with Gasteiger partial charge < -0.3 is 15.4 Å². The van der Waals surface area contributed by atoms with Crippen LogP contribution in [0.1, 0.15) is 18.1 Å². The maximum absolute atomic E-state index is 13.6. The summed E-state index contributed by atoms with van der Waals surface area (Å²) in [5.74, 6) is 1.37. The monoisotopic (exact) mass is 329 g/mol. The normalized spacial score (nSPS) is 11.2. The first-order valence-corrected chi connectivity index (χ1v) is 8.11. The molecule has 2 rings (SSSR count). The molecule has 0 saturated heterocycles. The zero-order valence-electron chi connectivity index (χ0n) is 14.2. The van der Waals surface area contributed by atoms with Gasteiger partial charge in [0.15, 0.2) is 5.96 Å². The van der Waals surface area contributed by atoms with E-state index in [9.17, 15) is 4.39 Å². The highest BCUT2D eigenvalue weighted by atomic mass is 19.1. The lowest BCUT2D eigenvalue weighted by Gasteiger charge is -2.12. The first-order chi connectivity index (χ1) is 11.7. The Hall–Kier alpha value is -2.56. The molecule has 0 radical (unpaired) electrons. The van der Waals surface area contributed by atoms with Gasteiger partial charge in [-0.1, -0.05) is 30.3 Å². The summed E-state index contributed by atoms with van der Waals surface area (Å²) in [6, 6.07) is 14.7. The van der Waals surface area contributed by atoms with E-state index >= 15 is 0 Å². The smallest absolute Gasteiger partial charge is 0.191 e. The molecule has 24 heavy (non-hydrogen) atoms. The molecule has 0 heterocycles. The summed E-state index contributed by atoms with van der Waals surface area (Å²) in [6.07, 6.45) is 0.607. The average molecular weight is 329 g/mol. The Morgan fingerprint density at radius 2 is 1.96 bits per heavy atom. The van der Waals surface area contributed by atoms with Crippen LogP contribution in [0.5, 0.6) is 5.75 Å². The average Bonchev–Trinajstić information content (AvgIpc) is 2.61. The molecule has 2 N–H and O–H groups in total. The van der Waals surface area contributed by atoms with Crippen molar-refractivity contribution < 1.29 is 9.13 Å². The van der Waals surface area contributed by atoms with Gasteiger partial charge in [0.2, 0.25) is 0 Å². The second-order valence-corrected chi connectivity index (χ2v) is 5.31. The van der Waals surface area contributed by atoms with E-state index in [1.165, 1.54) is 6.07 Å². The van der Waals surface area contributed by atoms with E-state index in [1.54, 1.807) is 19.2 Å². The fourth-order valence-corrected chi connectivity index (χ4v) is 2.30. The largest absolute Gasteiger partial charge is 0.497 e. The maximum atomic E-state index is 13.6. The van der Waals surface area contributed by atoms with Gasteiger partial charge in [-0.15, -0.1) is 0 Å². The molecule has 0 aromatic heterocycles. The topological polar surface area (TPSA) is 45.7 Å². The number of nitrogens with one attached hydrogen (secondary N) is 2. The minimum absolute atomic E-state index is 0.169. The van der Waals surface area contributed by atoms with Crippen LogP contribution >= 0.6 is 0 Å². The molecule has 0 bridgehead atoms. The first kappa shape index (κ1) is 17.8. The van der Waals surface area contributed by atoms with Gasteiger partial charge in [-0.3, -0.25) is 0 Å². The predicted molar refractivity (Wildman–Crippen MR) is 95.9 cm³/mol. The summed E-state index contributed by atoms with van der Waals surface area (Å²) in [7, 11) is 1.65. The number of ether oxygens (including phenoxy) is 1. The molecule has 4 nitrogen and oxygen atoms in total. The molecule has 2 aromatic carbocycles. The summed E-state index contributed by atoms with van der Waals surface area (Å²) < 4.78 is 18.8. The molecule has 0 aliphatic rings. The van der Waals surface area contributed by atoms with Crippen LogP contribution in [0.3, 0.4) is 0 Å². The Balaban J connectivity index is 1.91. The van der Waals surface area contributed by atoms with Crippen molar-refractivity contribution in [1.82, 2.24) is 10.6 Å². The van der Waals surface area contributed by atoms with Crippen LogP contribution < -0.4 is 15.4 Å². The van der Waals surface area contributed by atoms with Gasteiger partial charge in [0, 0.05) is 13.1 Å². The zero-order valence-corrected chi connectivity index (χ0v) is 14.2. The van der Waals surface area contributed by atoms with Crippen LogP contribution in [0.4, 0.5) is 4.39 Å². The molecular formula is C19H24FN3O. The fourth-order valence-electron chi connectivity index (χ4n) is 2.30. The number of aliphatic imine (C=N–C) groups is 1. The third-order valence-electron chi connectivity index (χ3n) is 3.54. The Kier molecular flexibility index (Phi) is 7.08. The molecule has 0 unspecified atom stereocenters. The van der Waals surface area contributed by atoms with Crippen LogP contribution in [-0.2, 0) is 13.0 Å². The summed E-state index contributed by atoms with van der Waals surface area (Å²) in [6.45, 7) is 3.94. The highest BCUT2D eigenvalue weighted by Gasteiger charge is 2.02. The van der Waals surface area contributed by atoms with Crippen molar-refractivity contribution in [3.63, 3.8) is 0 Å². The number of benzene rings is 2. The predicted octanol–water partition coefficient (Wildman–Crippen LogP) is 3.13. The van der Waals surface area contributed by atoms with Crippen LogP contribution in [0, 0.1) is 5.82 Å². The summed E-state index contributed by atoms with van der Waals surface area (Å²) >= 11 is 0. The SMILES string of the molecule is CCNC(=NCc1cccc(OC)c1)NCCc1ccccc1F. The molecule has 0 amide bonds. The van der Waals surface area contributed by atoms with E-state index in [0.717, 1.165) is 23.8 Å². The van der Waals surface area contributed by atoms with E-state index < -0.39 is 0 Å². The zero-order chi connectivity index (χ0) is 17.2. The van der Waals surface area contributed by atoms with Gasteiger partial charge >= 0.3 is 0 Å². The van der Waals surface area contributed by atoms with E-state index in [-0.39, 0.29) is 5.82 Å². The lowest BCUT2D eigenvalue weighted by Crippen LogP contribution is -2.38. The van der Waals surface area contributed by atoms with Gasteiger partial charge in [-0.05, 0) is 42.7 Å². The number of halogens is 1. The molecule has 0 atom stereocenters. The van der Waals surface area contributed by atoms with Crippen molar-refractivity contribution in [2.24, 2.45) is 4.99 Å². The van der Waals surface area contributed by atoms with Crippen molar-refractivity contribution in [3.05, 3.63) is 65.5 Å². The van der Waals surface area contributed by atoms with Gasteiger partial charge in [-0.25, -0.2) is 9.38 Å². The lowest BCUT2D eigenvalue weighted by atomic mass is 10.1. The van der Waals surface area contributed by atoms with Crippen LogP contribution in [0.25, 0.3) is 0 Å². The van der Waals surface area contributed by atoms with Crippen molar-refractivity contribution in [2.75, 3.05) is 20.2 Å². The molecule has 2 aromatic rings. The van der Waals surface area contributed by atoms with Crippen LogP contribution in [0.15, 0.2) is 53.5 Å². The van der Waals surface area contributed by atoms with Crippen molar-refractivity contribution in [1.29, 1.82) is 0 Å². The molecule has 0 fully saturated rings. The van der Waals surface area contributed by atoms with Gasteiger partial charge in [0.25, 0.3) is 0 Å². The number of nitrogens with zero attached hydrogens (tertiary/aromatic N) is 1. The second kappa shape index (κ2) is 9.55. The number of rotatable bonds is 7. The Labute approximate surface area is 142 Å². The molecule has 0 aliphatic heterocycles. The number of guanidine groups is 1. The number of methoxy groups -OCH3 is 1. The lowest BCUT2D eigenvalue weighted by molar-refractivity contribution is 0.414. The fraction of sp³-hybridized carbons (Fsp3) is 0.316. The first-order valence-electron chi connectivity index (χ1n) is 8.11. The minimum atomic E-state index is -0.169. The maximum Gasteiger partial charge on any atom is 0.191 e. The van der Waals surface area contributed by atoms with Crippen molar-refractivity contribution in [2.45, 2.75) is 19.9 Å². The number of hydrogen-bond acceptors (Lipinski definition) is 2. The van der Waals surface area contributed by atoms with E-state index in [1.807, 2.05) is 37.3 Å². The summed E-state index contributed by atoms with van der Waals surface area (Å²) in [4.78, 5) is 4.56. The van der Waals surface area contributed by atoms with E-state index in [2.05, 4.69) is 15.6 Å². The van der Waals surface area contributed by atoms with Crippen molar-refractivity contribution in [3.8, 4) is 5.75 Å². The Morgan fingerprint density at radius 1 is 1.12 bits per heavy atom. The molecule has 0 aliphatic carbocycles. The highest BCUT2D eigenvalue weighted by molar-refractivity contribution is 5.79. The summed E-state index contributed by atoms with van der Waals surface area (Å²) in [5.41, 5.74) is 1.77. The van der Waals surface area contributed by atoms with Crippen LogP contribution in [-0.4, -0.2) is 26.2 Å². The van der Waals surface area contributed by atoms with Gasteiger partial charge in [0.1, 0.15) is 11.6 Å². The molecule has 5 heteroatoms. The quantitative estimate of drug-likeness (QED) is 0.606. The standard InChI is InChI=1S/C19H24FN3O/c1-3-21-19(22-12-11-16-8-4-5-10-18(16)20)23-14-15-7-6-9-17(13-15)24-2/h4-10,13H,3,11-12,14H2,1-2H3,(H2,21,22,23).